The van der Waals surface area contributed by atoms with Gasteiger partial charge in [-0.15, -0.1) is 0 Å². The molecule has 0 atom stereocenters. The highest BCUT2D eigenvalue weighted by molar-refractivity contribution is 5.68. The molecule has 0 aliphatic carbocycles. The first-order valence-electron chi connectivity index (χ1n) is 6.51. The molecule has 0 bridgehead atoms. The fraction of sp³-hybridized carbons (Fsp3) is 0.0556. The van der Waals surface area contributed by atoms with Crippen LogP contribution in [0.2, 0.25) is 0 Å². The van der Waals surface area contributed by atoms with E-state index in [2.05, 4.69) is 11.1 Å². The van der Waals surface area contributed by atoms with Crippen molar-refractivity contribution in [2.24, 2.45) is 0 Å². The largest absolute Gasteiger partial charge is 0.256 e. The summed E-state index contributed by atoms with van der Waals surface area (Å²) in [5.74, 6) is -0.214. The maximum atomic E-state index is 12.9. The van der Waals surface area contributed by atoms with Crippen molar-refractivity contribution in [1.29, 1.82) is 0 Å². The number of pyridine rings is 1. The van der Waals surface area contributed by atoms with E-state index in [1.165, 1.54) is 12.1 Å². The van der Waals surface area contributed by atoms with Gasteiger partial charge in [0.15, 0.2) is 0 Å². The lowest BCUT2D eigenvalue weighted by atomic mass is 10.0. The van der Waals surface area contributed by atoms with Crippen LogP contribution in [0.4, 0.5) is 4.39 Å². The van der Waals surface area contributed by atoms with Crippen molar-refractivity contribution in [1.82, 2.24) is 4.98 Å². The molecule has 20 heavy (non-hydrogen) atoms. The summed E-state index contributed by atoms with van der Waals surface area (Å²) in [4.78, 5) is 4.41. The van der Waals surface area contributed by atoms with E-state index in [9.17, 15) is 4.39 Å². The minimum absolute atomic E-state index is 0.214. The molecule has 2 aromatic carbocycles. The van der Waals surface area contributed by atoms with Crippen LogP contribution >= 0.6 is 0 Å². The normalized spacial score (nSPS) is 10.5. The molecule has 0 amide bonds. The Morgan fingerprint density at radius 1 is 0.700 bits per heavy atom. The van der Waals surface area contributed by atoms with E-state index in [-0.39, 0.29) is 5.82 Å². The Balaban J connectivity index is 1.91. The number of nitrogens with zero attached hydrogens (tertiary/aromatic N) is 1. The van der Waals surface area contributed by atoms with Gasteiger partial charge in [0, 0.05) is 11.8 Å². The highest BCUT2D eigenvalue weighted by atomic mass is 19.1. The Kier molecular flexibility index (Phi) is 3.30. The number of hydrogen-bond donors (Lipinski definition) is 0. The molecule has 0 aliphatic rings. The first-order valence-corrected chi connectivity index (χ1v) is 6.51. The summed E-state index contributed by atoms with van der Waals surface area (Å²) in [7, 11) is 0. The summed E-state index contributed by atoms with van der Waals surface area (Å²) in [6, 6.07) is 18.7. The zero-order valence-corrected chi connectivity index (χ0v) is 11.2. The van der Waals surface area contributed by atoms with Crippen LogP contribution in [0.25, 0.3) is 22.4 Å². The van der Waals surface area contributed by atoms with Gasteiger partial charge in [0.25, 0.3) is 0 Å². The average Bonchev–Trinajstić information content (AvgIpc) is 2.49. The molecular formula is C18H14FN. The molecule has 0 aliphatic heterocycles. The summed E-state index contributed by atoms with van der Waals surface area (Å²) in [6.45, 7) is 2.02. The Hall–Kier alpha value is -2.48. The zero-order valence-electron chi connectivity index (χ0n) is 11.2. The van der Waals surface area contributed by atoms with Crippen molar-refractivity contribution in [3.8, 4) is 22.4 Å². The molecule has 0 unspecified atom stereocenters. The third kappa shape index (κ3) is 2.59. The van der Waals surface area contributed by atoms with Crippen LogP contribution in [0, 0.1) is 12.7 Å². The maximum absolute atomic E-state index is 12.9. The van der Waals surface area contributed by atoms with Gasteiger partial charge >= 0.3 is 0 Å². The summed E-state index contributed by atoms with van der Waals surface area (Å²) >= 11 is 0. The number of benzene rings is 2. The van der Waals surface area contributed by atoms with Crippen LogP contribution in [0.5, 0.6) is 0 Å². The Bertz CT molecular complexity index is 633. The fourth-order valence-electron chi connectivity index (χ4n) is 2.11. The Labute approximate surface area is 117 Å². The lowest BCUT2D eigenvalue weighted by Gasteiger charge is -2.05. The van der Waals surface area contributed by atoms with Gasteiger partial charge in [-0.1, -0.05) is 42.5 Å². The van der Waals surface area contributed by atoms with Crippen LogP contribution in [-0.2, 0) is 0 Å². The molecular weight excluding hydrogens is 249 g/mol. The first-order chi connectivity index (χ1) is 9.72. The summed E-state index contributed by atoms with van der Waals surface area (Å²) in [5, 5.41) is 0. The molecule has 98 valence electrons. The van der Waals surface area contributed by atoms with Gasteiger partial charge in [-0.3, -0.25) is 4.98 Å². The van der Waals surface area contributed by atoms with Gasteiger partial charge in [-0.25, -0.2) is 4.39 Å². The molecule has 0 N–H and O–H groups in total. The Morgan fingerprint density at radius 3 is 1.80 bits per heavy atom. The number of aromatic nitrogens is 1. The molecule has 0 radical (unpaired) electrons. The van der Waals surface area contributed by atoms with Crippen molar-refractivity contribution in [3.63, 3.8) is 0 Å². The number of rotatable bonds is 2. The van der Waals surface area contributed by atoms with Gasteiger partial charge in [0.05, 0.1) is 5.69 Å². The van der Waals surface area contributed by atoms with Crippen molar-refractivity contribution in [2.75, 3.05) is 0 Å². The third-order valence-electron chi connectivity index (χ3n) is 3.27. The van der Waals surface area contributed by atoms with Crippen LogP contribution in [0.3, 0.4) is 0 Å². The van der Waals surface area contributed by atoms with Gasteiger partial charge in [-0.05, 0) is 41.8 Å². The van der Waals surface area contributed by atoms with Crippen LogP contribution in [0.1, 0.15) is 5.56 Å². The van der Waals surface area contributed by atoms with Crippen molar-refractivity contribution in [2.45, 2.75) is 6.92 Å². The molecule has 3 aromatic rings. The molecule has 3 rings (SSSR count). The monoisotopic (exact) mass is 263 g/mol. The SMILES string of the molecule is Cc1ccc(-c2ccc(-c3ccc(F)cc3)cc2)nc1. The maximum Gasteiger partial charge on any atom is 0.123 e. The second kappa shape index (κ2) is 5.25. The quantitative estimate of drug-likeness (QED) is 0.643. The van der Waals surface area contributed by atoms with Crippen molar-refractivity contribution >= 4 is 0 Å². The molecule has 0 fully saturated rings. The molecule has 1 aromatic heterocycles. The lowest BCUT2D eigenvalue weighted by Crippen LogP contribution is -1.85. The van der Waals surface area contributed by atoms with Crippen LogP contribution in [-0.4, -0.2) is 4.98 Å². The average molecular weight is 263 g/mol. The van der Waals surface area contributed by atoms with E-state index in [0.717, 1.165) is 27.9 Å². The highest BCUT2D eigenvalue weighted by Crippen LogP contribution is 2.24. The van der Waals surface area contributed by atoms with E-state index in [1.807, 2.05) is 43.5 Å². The summed E-state index contributed by atoms with van der Waals surface area (Å²) in [6.07, 6.45) is 1.86. The van der Waals surface area contributed by atoms with Gasteiger partial charge in [-0.2, -0.15) is 0 Å². The van der Waals surface area contributed by atoms with Gasteiger partial charge in [0.1, 0.15) is 5.82 Å². The first kappa shape index (κ1) is 12.5. The van der Waals surface area contributed by atoms with Gasteiger partial charge in [0.2, 0.25) is 0 Å². The number of hydrogen-bond acceptors (Lipinski definition) is 1. The van der Waals surface area contributed by atoms with E-state index in [1.54, 1.807) is 12.1 Å². The van der Waals surface area contributed by atoms with E-state index >= 15 is 0 Å². The van der Waals surface area contributed by atoms with Gasteiger partial charge < -0.3 is 0 Å². The number of aryl methyl sites for hydroxylation is 1. The smallest absolute Gasteiger partial charge is 0.123 e. The molecule has 2 heteroatoms. The lowest BCUT2D eigenvalue weighted by molar-refractivity contribution is 0.628. The summed E-state index contributed by atoms with van der Waals surface area (Å²) in [5.41, 5.74) is 5.27. The van der Waals surface area contributed by atoms with Crippen LogP contribution < -0.4 is 0 Å². The minimum atomic E-state index is -0.214. The molecule has 1 heterocycles. The zero-order chi connectivity index (χ0) is 13.9. The minimum Gasteiger partial charge on any atom is -0.256 e. The predicted octanol–water partition coefficient (Wildman–Crippen LogP) is 4.86. The van der Waals surface area contributed by atoms with Crippen molar-refractivity contribution in [3.05, 3.63) is 78.2 Å². The molecule has 0 saturated heterocycles. The highest BCUT2D eigenvalue weighted by Gasteiger charge is 2.01. The third-order valence-corrected chi connectivity index (χ3v) is 3.27. The van der Waals surface area contributed by atoms with Crippen LogP contribution in [0.15, 0.2) is 66.9 Å². The predicted molar refractivity (Wildman–Crippen MR) is 79.8 cm³/mol. The second-order valence-electron chi connectivity index (χ2n) is 4.81. The fourth-order valence-corrected chi connectivity index (χ4v) is 2.11. The van der Waals surface area contributed by atoms with Crippen molar-refractivity contribution < 1.29 is 4.39 Å². The van der Waals surface area contributed by atoms with E-state index in [0.29, 0.717) is 0 Å². The second-order valence-corrected chi connectivity index (χ2v) is 4.81. The Morgan fingerprint density at radius 2 is 1.25 bits per heavy atom. The number of halogens is 1. The standard InChI is InChI=1S/C18H14FN/c1-13-2-11-18(20-12-13)16-5-3-14(4-6-16)15-7-9-17(19)10-8-15/h2-12H,1H3. The molecule has 0 spiro atoms. The topological polar surface area (TPSA) is 12.9 Å². The van der Waals surface area contributed by atoms with E-state index in [4.69, 9.17) is 0 Å². The van der Waals surface area contributed by atoms with E-state index < -0.39 is 0 Å². The molecule has 0 saturated carbocycles. The molecule has 1 nitrogen and oxygen atoms in total. The summed E-state index contributed by atoms with van der Waals surface area (Å²) < 4.78 is 12.9.